The molecule has 2 aliphatic carbocycles. The average Bonchev–Trinajstić information content (AvgIpc) is 2.59. The van der Waals surface area contributed by atoms with Crippen LogP contribution in [0.1, 0.15) is 77.0 Å². The molecule has 0 unspecified atom stereocenters. The molecule has 2 fully saturated rings. The summed E-state index contributed by atoms with van der Waals surface area (Å²) in [5, 5.41) is 9.00. The first-order valence-corrected chi connectivity index (χ1v) is 9.44. The molecule has 0 saturated heterocycles. The minimum atomic E-state index is -0.190. The van der Waals surface area contributed by atoms with E-state index in [1.165, 1.54) is 51.4 Å². The van der Waals surface area contributed by atoms with Gasteiger partial charge in [0.05, 0.1) is 12.7 Å². The number of hydrogen-bond acceptors (Lipinski definition) is 1. The fourth-order valence-electron chi connectivity index (χ4n) is 4.43. The van der Waals surface area contributed by atoms with Gasteiger partial charge in [-0.15, -0.1) is 0 Å². The second-order valence-corrected chi connectivity index (χ2v) is 7.40. The molecule has 0 aromatic heterocycles. The van der Waals surface area contributed by atoms with E-state index in [9.17, 15) is 4.39 Å². The minimum Gasteiger partial charge on any atom is -0.251 e. The molecule has 124 valence electrons. The maximum atomic E-state index is 12.0. The van der Waals surface area contributed by atoms with Crippen LogP contribution in [0.3, 0.4) is 0 Å². The van der Waals surface area contributed by atoms with E-state index >= 15 is 0 Å². The van der Waals surface area contributed by atoms with Gasteiger partial charge in [-0.05, 0) is 82.0 Å². The molecule has 0 atom stereocenters. The Kier molecular flexibility index (Phi) is 7.99. The summed E-state index contributed by atoms with van der Waals surface area (Å²) in [4.78, 5) is 0. The molecule has 0 bridgehead atoms. The van der Waals surface area contributed by atoms with Crippen LogP contribution in [0, 0.1) is 35.0 Å². The highest BCUT2D eigenvalue weighted by Gasteiger charge is 2.30. The zero-order valence-electron chi connectivity index (χ0n) is 14.0. The third-order valence-electron chi connectivity index (χ3n) is 5.93. The summed E-state index contributed by atoms with van der Waals surface area (Å²) in [6.45, 7) is -0.190. The van der Waals surface area contributed by atoms with Crippen molar-refractivity contribution in [2.45, 2.75) is 77.0 Å². The van der Waals surface area contributed by atoms with Crippen molar-refractivity contribution in [3.8, 4) is 6.07 Å². The second-order valence-electron chi connectivity index (χ2n) is 7.40. The molecule has 0 amide bonds. The van der Waals surface area contributed by atoms with E-state index in [0.29, 0.717) is 12.3 Å². The maximum Gasteiger partial charge on any atom is 0.0897 e. The van der Waals surface area contributed by atoms with Gasteiger partial charge in [0.15, 0.2) is 0 Å². The Morgan fingerprint density at radius 1 is 0.864 bits per heavy atom. The number of halogens is 1. The quantitative estimate of drug-likeness (QED) is 0.405. The Balaban J connectivity index is 1.58. The van der Waals surface area contributed by atoms with Crippen molar-refractivity contribution >= 4 is 0 Å². The molecule has 0 aromatic carbocycles. The van der Waals surface area contributed by atoms with Crippen LogP contribution in [0.5, 0.6) is 0 Å². The zero-order valence-corrected chi connectivity index (χ0v) is 14.0. The summed E-state index contributed by atoms with van der Waals surface area (Å²) >= 11 is 0. The van der Waals surface area contributed by atoms with Crippen LogP contribution in [-0.2, 0) is 0 Å². The smallest absolute Gasteiger partial charge is 0.0897 e. The van der Waals surface area contributed by atoms with Crippen LogP contribution in [0.4, 0.5) is 4.39 Å². The van der Waals surface area contributed by atoms with Crippen LogP contribution in [0.15, 0.2) is 12.2 Å². The summed E-state index contributed by atoms with van der Waals surface area (Å²) in [5.74, 6) is 3.11. The van der Waals surface area contributed by atoms with Crippen molar-refractivity contribution in [3.63, 3.8) is 0 Å². The number of unbranched alkanes of at least 4 members (excludes halogenated alkanes) is 1. The van der Waals surface area contributed by atoms with Crippen LogP contribution in [0.2, 0.25) is 0 Å². The number of allylic oxidation sites excluding steroid dienone is 2. The van der Waals surface area contributed by atoms with E-state index in [4.69, 9.17) is 5.26 Å². The SMILES string of the molecule is N#C[C@H]1CC[C@H](C2CCC(CC/C=C/CCCF)CC2)CC1. The first kappa shape index (κ1) is 17.5. The fourth-order valence-corrected chi connectivity index (χ4v) is 4.43. The van der Waals surface area contributed by atoms with E-state index < -0.39 is 0 Å². The van der Waals surface area contributed by atoms with Gasteiger partial charge in [-0.25, -0.2) is 0 Å². The Morgan fingerprint density at radius 3 is 2.05 bits per heavy atom. The minimum absolute atomic E-state index is 0.190. The van der Waals surface area contributed by atoms with Crippen molar-refractivity contribution in [1.29, 1.82) is 5.26 Å². The third-order valence-corrected chi connectivity index (χ3v) is 5.93. The molecule has 0 radical (unpaired) electrons. The van der Waals surface area contributed by atoms with Gasteiger partial charge in [-0.3, -0.25) is 4.39 Å². The maximum absolute atomic E-state index is 12.0. The zero-order chi connectivity index (χ0) is 15.6. The van der Waals surface area contributed by atoms with Gasteiger partial charge in [-0.1, -0.05) is 25.0 Å². The number of alkyl halides is 1. The van der Waals surface area contributed by atoms with Crippen molar-refractivity contribution in [1.82, 2.24) is 0 Å². The van der Waals surface area contributed by atoms with Crippen molar-refractivity contribution in [2.75, 3.05) is 6.67 Å². The second kappa shape index (κ2) is 10.0. The molecule has 2 heteroatoms. The number of rotatable bonds is 7. The Hall–Kier alpha value is -0.840. The fraction of sp³-hybridized carbons (Fsp3) is 0.850. The third kappa shape index (κ3) is 5.75. The van der Waals surface area contributed by atoms with E-state index in [2.05, 4.69) is 18.2 Å². The van der Waals surface area contributed by atoms with E-state index in [1.54, 1.807) is 0 Å². The normalized spacial score (nSPS) is 32.9. The molecular formula is C20H32FN. The molecule has 2 saturated carbocycles. The van der Waals surface area contributed by atoms with Gasteiger partial charge in [0.2, 0.25) is 0 Å². The van der Waals surface area contributed by atoms with E-state index in [-0.39, 0.29) is 6.67 Å². The van der Waals surface area contributed by atoms with Gasteiger partial charge >= 0.3 is 0 Å². The monoisotopic (exact) mass is 305 g/mol. The van der Waals surface area contributed by atoms with Crippen LogP contribution < -0.4 is 0 Å². The summed E-state index contributed by atoms with van der Waals surface area (Å²) in [5.41, 5.74) is 0. The summed E-state index contributed by atoms with van der Waals surface area (Å²) in [6.07, 6.45) is 19.0. The molecule has 0 spiro atoms. The molecule has 1 nitrogen and oxygen atoms in total. The largest absolute Gasteiger partial charge is 0.251 e. The van der Waals surface area contributed by atoms with Crippen molar-refractivity contribution < 1.29 is 4.39 Å². The molecule has 0 heterocycles. The molecule has 2 rings (SSSR count). The standard InChI is InChI=1S/C20H32FN/c21-15-5-3-1-2-4-6-17-7-11-19(12-8-17)20-13-9-18(16-22)10-14-20/h1-2,17-20H,3-15H2/b2-1+/t17?,18-,19?,20-. The summed E-state index contributed by atoms with van der Waals surface area (Å²) < 4.78 is 12.0. The van der Waals surface area contributed by atoms with Crippen molar-refractivity contribution in [3.05, 3.63) is 12.2 Å². The molecule has 22 heavy (non-hydrogen) atoms. The highest BCUT2D eigenvalue weighted by atomic mass is 19.1. The summed E-state index contributed by atoms with van der Waals surface area (Å²) in [6, 6.07) is 2.45. The first-order valence-electron chi connectivity index (χ1n) is 9.44. The average molecular weight is 305 g/mol. The summed E-state index contributed by atoms with van der Waals surface area (Å²) in [7, 11) is 0. The van der Waals surface area contributed by atoms with Crippen LogP contribution in [0.25, 0.3) is 0 Å². The lowest BCUT2D eigenvalue weighted by Gasteiger charge is -2.36. The van der Waals surface area contributed by atoms with Gasteiger partial charge in [0.25, 0.3) is 0 Å². The van der Waals surface area contributed by atoms with Gasteiger partial charge in [-0.2, -0.15) is 5.26 Å². The van der Waals surface area contributed by atoms with E-state index in [1.807, 2.05) is 0 Å². The Morgan fingerprint density at radius 2 is 1.45 bits per heavy atom. The van der Waals surface area contributed by atoms with Gasteiger partial charge in [0.1, 0.15) is 0 Å². The molecule has 0 aromatic rings. The lowest BCUT2D eigenvalue weighted by atomic mass is 9.69. The molecule has 2 aliphatic rings. The molecular weight excluding hydrogens is 273 g/mol. The number of hydrogen-bond donors (Lipinski definition) is 0. The molecule has 0 aliphatic heterocycles. The van der Waals surface area contributed by atoms with Gasteiger partial charge in [0, 0.05) is 5.92 Å². The van der Waals surface area contributed by atoms with Crippen molar-refractivity contribution in [2.24, 2.45) is 23.7 Å². The van der Waals surface area contributed by atoms with Crippen LogP contribution in [-0.4, -0.2) is 6.67 Å². The predicted molar refractivity (Wildman–Crippen MR) is 90.1 cm³/mol. The highest BCUT2D eigenvalue weighted by Crippen LogP contribution is 2.42. The first-order chi connectivity index (χ1) is 10.8. The highest BCUT2D eigenvalue weighted by molar-refractivity contribution is 4.90. The Bertz CT molecular complexity index is 354. The lowest BCUT2D eigenvalue weighted by Crippen LogP contribution is -2.25. The van der Waals surface area contributed by atoms with Gasteiger partial charge < -0.3 is 0 Å². The predicted octanol–water partition coefficient (Wildman–Crippen LogP) is 6.21. The topological polar surface area (TPSA) is 23.8 Å². The number of nitrogens with zero attached hydrogens (tertiary/aromatic N) is 1. The Labute approximate surface area is 136 Å². The lowest BCUT2D eigenvalue weighted by molar-refractivity contribution is 0.154. The molecule has 0 N–H and O–H groups in total. The number of nitriles is 1. The van der Waals surface area contributed by atoms with E-state index in [0.717, 1.165) is 37.0 Å². The van der Waals surface area contributed by atoms with Crippen LogP contribution >= 0.6 is 0 Å².